The van der Waals surface area contributed by atoms with Crippen LogP contribution in [0, 0.1) is 5.92 Å². The van der Waals surface area contributed by atoms with E-state index in [2.05, 4.69) is 5.32 Å². The predicted octanol–water partition coefficient (Wildman–Crippen LogP) is -0.0584. The number of carbonyl (C=O) groups is 1. The van der Waals surface area contributed by atoms with Crippen molar-refractivity contribution in [3.63, 3.8) is 0 Å². The van der Waals surface area contributed by atoms with Crippen molar-refractivity contribution >= 4 is 5.91 Å². The molecule has 24 heavy (non-hydrogen) atoms. The second kappa shape index (κ2) is 11.0. The normalized spacial score (nSPS) is 30.5. The highest BCUT2D eigenvalue weighted by molar-refractivity contribution is 5.76. The van der Waals surface area contributed by atoms with Gasteiger partial charge >= 0.3 is 0 Å². The zero-order valence-electron chi connectivity index (χ0n) is 14.7. The summed E-state index contributed by atoms with van der Waals surface area (Å²) in [7, 11) is 0. The first kappa shape index (κ1) is 21.3. The first-order chi connectivity index (χ1) is 11.4. The van der Waals surface area contributed by atoms with Crippen LogP contribution in [0.3, 0.4) is 0 Å². The molecule has 7 heteroatoms. The van der Waals surface area contributed by atoms with Crippen LogP contribution in [0.1, 0.15) is 52.4 Å². The lowest BCUT2D eigenvalue weighted by Gasteiger charge is -2.44. The standard InChI is InChI=1S/C17H33NO6/c1-11(2)17-14(16(23)15(22)12(10-20)24-17)18-13(21)8-6-4-3-5-7-9-19/h11-12,14-17,19-20,22-23H,3-10H2,1-2H3,(H,18,21)/t12?,14?,15-,16-,17+/m1/s1. The molecule has 1 fully saturated rings. The predicted molar refractivity (Wildman–Crippen MR) is 89.3 cm³/mol. The summed E-state index contributed by atoms with van der Waals surface area (Å²) in [5.41, 5.74) is 0. The number of ether oxygens (including phenoxy) is 1. The maximum Gasteiger partial charge on any atom is 0.220 e. The van der Waals surface area contributed by atoms with Crippen molar-refractivity contribution in [3.05, 3.63) is 0 Å². The summed E-state index contributed by atoms with van der Waals surface area (Å²) in [6.45, 7) is 3.64. The lowest BCUT2D eigenvalue weighted by Crippen LogP contribution is -2.65. The van der Waals surface area contributed by atoms with Gasteiger partial charge in [-0.3, -0.25) is 4.79 Å². The van der Waals surface area contributed by atoms with Crippen LogP contribution in [0.25, 0.3) is 0 Å². The second-order valence-electron chi connectivity index (χ2n) is 6.88. The third-order valence-electron chi connectivity index (χ3n) is 4.51. The van der Waals surface area contributed by atoms with E-state index in [4.69, 9.17) is 9.84 Å². The molecular formula is C17H33NO6. The number of amides is 1. The highest BCUT2D eigenvalue weighted by atomic mass is 16.5. The van der Waals surface area contributed by atoms with E-state index in [1.54, 1.807) is 0 Å². The van der Waals surface area contributed by atoms with Gasteiger partial charge in [0.05, 0.1) is 18.8 Å². The maximum absolute atomic E-state index is 12.1. The molecule has 0 aromatic rings. The summed E-state index contributed by atoms with van der Waals surface area (Å²) in [5.74, 6) is -0.157. The molecular weight excluding hydrogens is 314 g/mol. The van der Waals surface area contributed by atoms with Gasteiger partial charge in [0.25, 0.3) is 0 Å². The number of aliphatic hydroxyl groups excluding tert-OH is 4. The van der Waals surface area contributed by atoms with Crippen LogP contribution in [0.5, 0.6) is 0 Å². The average Bonchev–Trinajstić information content (AvgIpc) is 2.55. The number of hydrogen-bond acceptors (Lipinski definition) is 6. The summed E-state index contributed by atoms with van der Waals surface area (Å²) in [6, 6.07) is -0.690. The first-order valence-corrected chi connectivity index (χ1v) is 8.95. The summed E-state index contributed by atoms with van der Waals surface area (Å²) in [6.07, 6.45) is 1.04. The molecule has 2 unspecified atom stereocenters. The van der Waals surface area contributed by atoms with Gasteiger partial charge in [-0.15, -0.1) is 0 Å². The summed E-state index contributed by atoms with van der Waals surface area (Å²) >= 11 is 0. The molecule has 0 aromatic heterocycles. The molecule has 0 radical (unpaired) electrons. The molecule has 0 bridgehead atoms. The summed E-state index contributed by atoms with van der Waals surface area (Å²) in [4.78, 5) is 12.1. The molecule has 1 amide bonds. The molecule has 7 nitrogen and oxygen atoms in total. The minimum absolute atomic E-state index is 0.0185. The van der Waals surface area contributed by atoms with Gasteiger partial charge in [0.2, 0.25) is 5.91 Å². The Labute approximate surface area is 144 Å². The molecule has 5 N–H and O–H groups in total. The van der Waals surface area contributed by atoms with Crippen LogP contribution in [0.4, 0.5) is 0 Å². The lowest BCUT2D eigenvalue weighted by molar-refractivity contribution is -0.204. The number of hydrogen-bond donors (Lipinski definition) is 5. The quantitative estimate of drug-likeness (QED) is 0.353. The van der Waals surface area contributed by atoms with Crippen LogP contribution in [-0.2, 0) is 9.53 Å². The van der Waals surface area contributed by atoms with Gasteiger partial charge in [-0.25, -0.2) is 0 Å². The molecule has 0 saturated carbocycles. The van der Waals surface area contributed by atoms with Gasteiger partial charge in [-0.1, -0.05) is 33.1 Å². The van der Waals surface area contributed by atoms with Crippen molar-refractivity contribution in [1.82, 2.24) is 5.32 Å². The molecule has 1 rings (SSSR count). The van der Waals surface area contributed by atoms with Crippen LogP contribution >= 0.6 is 0 Å². The molecule has 1 heterocycles. The highest BCUT2D eigenvalue weighted by Gasteiger charge is 2.45. The van der Waals surface area contributed by atoms with Crippen LogP contribution in [0.15, 0.2) is 0 Å². The van der Waals surface area contributed by atoms with E-state index in [1.165, 1.54) is 0 Å². The molecule has 142 valence electrons. The van der Waals surface area contributed by atoms with E-state index in [9.17, 15) is 20.1 Å². The first-order valence-electron chi connectivity index (χ1n) is 8.95. The molecule has 1 aliphatic rings. The Morgan fingerprint density at radius 1 is 1.04 bits per heavy atom. The SMILES string of the molecule is CC(C)[C@@H]1OC(CO)[C@@H](O)[C@H](O)C1NC(=O)CCCCCCCO. The number of nitrogens with one attached hydrogen (secondary N) is 1. The van der Waals surface area contributed by atoms with Gasteiger partial charge in [-0.2, -0.15) is 0 Å². The fourth-order valence-electron chi connectivity index (χ4n) is 3.07. The molecule has 5 atom stereocenters. The molecule has 1 aliphatic heterocycles. The largest absolute Gasteiger partial charge is 0.396 e. The number of aliphatic hydroxyl groups is 4. The van der Waals surface area contributed by atoms with E-state index >= 15 is 0 Å². The Kier molecular flexibility index (Phi) is 9.76. The van der Waals surface area contributed by atoms with E-state index in [1.807, 2.05) is 13.8 Å². The van der Waals surface area contributed by atoms with E-state index in [-0.39, 0.29) is 25.0 Å². The van der Waals surface area contributed by atoms with Gasteiger partial charge in [-0.05, 0) is 18.8 Å². The topological polar surface area (TPSA) is 119 Å². The number of unbranched alkanes of at least 4 members (excludes halogenated alkanes) is 4. The summed E-state index contributed by atoms with van der Waals surface area (Å²) in [5, 5.41) is 41.1. The zero-order chi connectivity index (χ0) is 18.1. The summed E-state index contributed by atoms with van der Waals surface area (Å²) < 4.78 is 5.66. The molecule has 0 aromatic carbocycles. The fraction of sp³-hybridized carbons (Fsp3) is 0.941. The third-order valence-corrected chi connectivity index (χ3v) is 4.51. The fourth-order valence-corrected chi connectivity index (χ4v) is 3.07. The Bertz CT molecular complexity index is 365. The third kappa shape index (κ3) is 6.29. The minimum atomic E-state index is -1.23. The van der Waals surface area contributed by atoms with Crippen molar-refractivity contribution in [2.75, 3.05) is 13.2 Å². The van der Waals surface area contributed by atoms with Crippen molar-refractivity contribution in [3.8, 4) is 0 Å². The Morgan fingerprint density at radius 2 is 1.67 bits per heavy atom. The van der Waals surface area contributed by atoms with Crippen LogP contribution < -0.4 is 5.32 Å². The van der Waals surface area contributed by atoms with Gasteiger partial charge in [0, 0.05) is 13.0 Å². The average molecular weight is 347 g/mol. The highest BCUT2D eigenvalue weighted by Crippen LogP contribution is 2.26. The van der Waals surface area contributed by atoms with E-state index < -0.39 is 30.5 Å². The monoisotopic (exact) mass is 347 g/mol. The van der Waals surface area contributed by atoms with Crippen molar-refractivity contribution in [2.24, 2.45) is 5.92 Å². The van der Waals surface area contributed by atoms with Gasteiger partial charge < -0.3 is 30.5 Å². The Morgan fingerprint density at radius 3 is 2.25 bits per heavy atom. The Hall–Kier alpha value is -0.730. The van der Waals surface area contributed by atoms with Gasteiger partial charge in [0.15, 0.2) is 0 Å². The van der Waals surface area contributed by atoms with Crippen LogP contribution in [-0.4, -0.2) is 70.0 Å². The van der Waals surface area contributed by atoms with Crippen molar-refractivity contribution < 1.29 is 30.0 Å². The lowest BCUT2D eigenvalue weighted by atomic mass is 9.87. The van der Waals surface area contributed by atoms with Crippen molar-refractivity contribution in [1.29, 1.82) is 0 Å². The molecule has 1 saturated heterocycles. The van der Waals surface area contributed by atoms with Gasteiger partial charge in [0.1, 0.15) is 18.3 Å². The zero-order valence-corrected chi connectivity index (χ0v) is 14.7. The number of rotatable bonds is 10. The van der Waals surface area contributed by atoms with Crippen molar-refractivity contribution in [2.45, 2.75) is 82.8 Å². The minimum Gasteiger partial charge on any atom is -0.396 e. The van der Waals surface area contributed by atoms with E-state index in [0.717, 1.165) is 32.1 Å². The second-order valence-corrected chi connectivity index (χ2v) is 6.88. The maximum atomic E-state index is 12.1. The van der Waals surface area contributed by atoms with E-state index in [0.29, 0.717) is 6.42 Å². The number of carbonyl (C=O) groups excluding carboxylic acids is 1. The Balaban J connectivity index is 2.48. The smallest absolute Gasteiger partial charge is 0.220 e. The van der Waals surface area contributed by atoms with Crippen LogP contribution in [0.2, 0.25) is 0 Å². The molecule has 0 aliphatic carbocycles. The molecule has 0 spiro atoms.